The van der Waals surface area contributed by atoms with Crippen LogP contribution in [0, 0.1) is 5.92 Å². The lowest BCUT2D eigenvalue weighted by molar-refractivity contribution is 0.449. The molecular weight excluding hydrogens is 172 g/mol. The predicted octanol–water partition coefficient (Wildman–Crippen LogP) is 2.87. The van der Waals surface area contributed by atoms with Crippen LogP contribution in [0.4, 0.5) is 0 Å². The number of hydrogen-bond donors (Lipinski definition) is 1. The molecule has 2 aliphatic rings. The van der Waals surface area contributed by atoms with Crippen LogP contribution in [0.2, 0.25) is 0 Å². The lowest BCUT2D eigenvalue weighted by Gasteiger charge is -2.19. The second-order valence-electron chi connectivity index (χ2n) is 4.83. The number of rotatable bonds is 2. The third kappa shape index (κ3) is 3.00. The fraction of sp³-hybridized carbons (Fsp3) is 0.917. The van der Waals surface area contributed by atoms with Gasteiger partial charge in [0.2, 0.25) is 0 Å². The van der Waals surface area contributed by atoms with Gasteiger partial charge in [0.25, 0.3) is 0 Å². The van der Waals surface area contributed by atoms with Crippen LogP contribution in [0.25, 0.3) is 0 Å². The zero-order valence-electron chi connectivity index (χ0n) is 9.04. The van der Waals surface area contributed by atoms with Crippen molar-refractivity contribution in [2.24, 2.45) is 16.6 Å². The maximum atomic E-state index is 6.06. The van der Waals surface area contributed by atoms with E-state index in [-0.39, 0.29) is 0 Å². The Morgan fingerprint density at radius 1 is 0.857 bits per heavy atom. The Hall–Kier alpha value is -0.530. The van der Waals surface area contributed by atoms with E-state index in [1.807, 2.05) is 0 Å². The van der Waals surface area contributed by atoms with Crippen LogP contribution < -0.4 is 5.73 Å². The van der Waals surface area contributed by atoms with Gasteiger partial charge in [0, 0.05) is 5.92 Å². The van der Waals surface area contributed by atoms with Crippen LogP contribution in [0.3, 0.4) is 0 Å². The first-order valence-electron chi connectivity index (χ1n) is 6.19. The first-order chi connectivity index (χ1) is 6.86. The molecule has 80 valence electrons. The van der Waals surface area contributed by atoms with E-state index in [2.05, 4.69) is 4.99 Å². The molecule has 2 N–H and O–H groups in total. The second-order valence-corrected chi connectivity index (χ2v) is 4.83. The zero-order chi connectivity index (χ0) is 9.80. The zero-order valence-corrected chi connectivity index (χ0v) is 9.04. The molecule has 0 aromatic rings. The average Bonchev–Trinajstić information content (AvgIpc) is 2.86. The molecule has 2 aliphatic carbocycles. The lowest BCUT2D eigenvalue weighted by Crippen LogP contribution is -2.25. The summed E-state index contributed by atoms with van der Waals surface area (Å²) < 4.78 is 0. The van der Waals surface area contributed by atoms with E-state index in [0.29, 0.717) is 12.0 Å². The van der Waals surface area contributed by atoms with Gasteiger partial charge in [-0.15, -0.1) is 0 Å². The van der Waals surface area contributed by atoms with Gasteiger partial charge in [0.05, 0.1) is 11.9 Å². The van der Waals surface area contributed by atoms with Gasteiger partial charge in [0.1, 0.15) is 0 Å². The van der Waals surface area contributed by atoms with Gasteiger partial charge in [-0.05, 0) is 25.7 Å². The van der Waals surface area contributed by atoms with Crippen molar-refractivity contribution < 1.29 is 0 Å². The molecular formula is C12H22N2. The van der Waals surface area contributed by atoms with Crippen molar-refractivity contribution in [3.8, 4) is 0 Å². The molecule has 0 radical (unpaired) electrons. The number of amidine groups is 1. The smallest absolute Gasteiger partial charge is 0.0971 e. The third-order valence-corrected chi connectivity index (χ3v) is 3.40. The summed E-state index contributed by atoms with van der Waals surface area (Å²) in [5, 5.41) is 0. The van der Waals surface area contributed by atoms with Crippen molar-refractivity contribution in [3.05, 3.63) is 0 Å². The summed E-state index contributed by atoms with van der Waals surface area (Å²) in [7, 11) is 0. The van der Waals surface area contributed by atoms with Gasteiger partial charge in [0.15, 0.2) is 0 Å². The topological polar surface area (TPSA) is 38.4 Å². The summed E-state index contributed by atoms with van der Waals surface area (Å²) in [6, 6.07) is 0.598. The van der Waals surface area contributed by atoms with E-state index in [1.54, 1.807) is 0 Å². The molecule has 2 saturated carbocycles. The van der Waals surface area contributed by atoms with Crippen LogP contribution in [-0.2, 0) is 0 Å². The minimum atomic E-state index is 0.598. The summed E-state index contributed by atoms with van der Waals surface area (Å²) in [4.78, 5) is 4.58. The highest BCUT2D eigenvalue weighted by Crippen LogP contribution is 2.27. The average molecular weight is 194 g/mol. The Balaban J connectivity index is 1.85. The maximum Gasteiger partial charge on any atom is 0.0971 e. The molecule has 0 saturated heterocycles. The molecule has 2 nitrogen and oxygen atoms in total. The van der Waals surface area contributed by atoms with E-state index in [1.165, 1.54) is 57.8 Å². The van der Waals surface area contributed by atoms with Crippen molar-refractivity contribution in [1.82, 2.24) is 0 Å². The molecule has 0 bridgehead atoms. The fourth-order valence-corrected chi connectivity index (χ4v) is 2.27. The third-order valence-electron chi connectivity index (χ3n) is 3.40. The highest BCUT2D eigenvalue weighted by atomic mass is 14.9. The van der Waals surface area contributed by atoms with Gasteiger partial charge >= 0.3 is 0 Å². The Bertz CT molecular complexity index is 198. The molecule has 0 heterocycles. The molecule has 0 amide bonds. The van der Waals surface area contributed by atoms with Crippen LogP contribution in [0.5, 0.6) is 0 Å². The molecule has 2 heteroatoms. The predicted molar refractivity (Wildman–Crippen MR) is 60.5 cm³/mol. The van der Waals surface area contributed by atoms with Crippen LogP contribution in [0.1, 0.15) is 57.8 Å². The maximum absolute atomic E-state index is 6.06. The van der Waals surface area contributed by atoms with Gasteiger partial charge in [-0.3, -0.25) is 4.99 Å². The highest BCUT2D eigenvalue weighted by Gasteiger charge is 2.23. The highest BCUT2D eigenvalue weighted by molar-refractivity contribution is 5.83. The molecule has 2 rings (SSSR count). The van der Waals surface area contributed by atoms with Crippen molar-refractivity contribution in [2.75, 3.05) is 0 Å². The van der Waals surface area contributed by atoms with Crippen LogP contribution in [-0.4, -0.2) is 11.9 Å². The van der Waals surface area contributed by atoms with Gasteiger partial charge in [-0.1, -0.05) is 32.1 Å². The fourth-order valence-electron chi connectivity index (χ4n) is 2.27. The second kappa shape index (κ2) is 4.81. The van der Waals surface area contributed by atoms with E-state index >= 15 is 0 Å². The van der Waals surface area contributed by atoms with Gasteiger partial charge < -0.3 is 5.73 Å². The molecule has 2 fully saturated rings. The molecule has 0 atom stereocenters. The first kappa shape index (κ1) is 10.0. The summed E-state index contributed by atoms with van der Waals surface area (Å²) in [6.45, 7) is 0. The Labute approximate surface area is 87.0 Å². The van der Waals surface area contributed by atoms with E-state index in [9.17, 15) is 0 Å². The largest absolute Gasteiger partial charge is 0.387 e. The molecule has 0 unspecified atom stereocenters. The van der Waals surface area contributed by atoms with E-state index in [4.69, 9.17) is 5.73 Å². The van der Waals surface area contributed by atoms with Crippen molar-refractivity contribution in [3.63, 3.8) is 0 Å². The SMILES string of the molecule is NC(=NC1CC1)C1CCCCCCC1. The Morgan fingerprint density at radius 3 is 2.00 bits per heavy atom. The molecule has 0 aliphatic heterocycles. The monoisotopic (exact) mass is 194 g/mol. The normalized spacial score (nSPS) is 27.0. The summed E-state index contributed by atoms with van der Waals surface area (Å²) in [6.07, 6.45) is 12.0. The number of hydrogen-bond acceptors (Lipinski definition) is 1. The summed E-state index contributed by atoms with van der Waals surface area (Å²) in [5.41, 5.74) is 6.06. The minimum absolute atomic E-state index is 0.598. The molecule has 14 heavy (non-hydrogen) atoms. The molecule has 0 aromatic carbocycles. The van der Waals surface area contributed by atoms with Gasteiger partial charge in [-0.25, -0.2) is 0 Å². The number of nitrogens with zero attached hydrogens (tertiary/aromatic N) is 1. The Kier molecular flexibility index (Phi) is 3.44. The van der Waals surface area contributed by atoms with E-state index in [0.717, 1.165) is 5.84 Å². The standard InChI is InChI=1S/C12H22N2/c13-12(14-11-8-9-11)10-6-4-2-1-3-5-7-10/h10-11H,1-9H2,(H2,13,14). The lowest BCUT2D eigenvalue weighted by atomic mass is 9.90. The summed E-state index contributed by atoms with van der Waals surface area (Å²) in [5.74, 6) is 1.57. The first-order valence-corrected chi connectivity index (χ1v) is 6.19. The minimum Gasteiger partial charge on any atom is -0.387 e. The molecule has 0 aromatic heterocycles. The molecule has 0 spiro atoms. The van der Waals surface area contributed by atoms with Gasteiger partial charge in [-0.2, -0.15) is 0 Å². The number of nitrogens with two attached hydrogens (primary N) is 1. The quantitative estimate of drug-likeness (QED) is 0.533. The van der Waals surface area contributed by atoms with Crippen molar-refractivity contribution in [2.45, 2.75) is 63.8 Å². The van der Waals surface area contributed by atoms with Crippen LogP contribution in [0.15, 0.2) is 4.99 Å². The Morgan fingerprint density at radius 2 is 1.43 bits per heavy atom. The summed E-state index contributed by atoms with van der Waals surface area (Å²) >= 11 is 0. The van der Waals surface area contributed by atoms with Crippen molar-refractivity contribution in [1.29, 1.82) is 0 Å². The van der Waals surface area contributed by atoms with Crippen LogP contribution >= 0.6 is 0 Å². The van der Waals surface area contributed by atoms with E-state index < -0.39 is 0 Å². The van der Waals surface area contributed by atoms with Crippen molar-refractivity contribution >= 4 is 5.84 Å². The number of aliphatic imine (C=N–C) groups is 1.